The topological polar surface area (TPSA) is 52.7 Å². The summed E-state index contributed by atoms with van der Waals surface area (Å²) in [5.74, 6) is -1.72. The zero-order valence-corrected chi connectivity index (χ0v) is 20.8. The Morgan fingerprint density at radius 1 is 1.12 bits per heavy atom. The van der Waals surface area contributed by atoms with E-state index >= 15 is 4.39 Å². The molecule has 4 rings (SSSR count). The van der Waals surface area contributed by atoms with Crippen LogP contribution in [-0.2, 0) is 16.0 Å². The number of halogens is 1. The first kappa shape index (κ1) is 23.8. The highest BCUT2D eigenvalue weighted by atomic mass is 32.1. The summed E-state index contributed by atoms with van der Waals surface area (Å²) in [4.78, 5) is 29.4. The highest BCUT2D eigenvalue weighted by molar-refractivity contribution is 7.80. The van der Waals surface area contributed by atoms with Gasteiger partial charge in [0, 0.05) is 23.4 Å². The number of benzene rings is 2. The molecule has 1 fully saturated rings. The number of allylic oxidation sites excluding steroid dienone is 1. The fourth-order valence-electron chi connectivity index (χ4n) is 4.73. The molecule has 1 N–H and O–H groups in total. The van der Waals surface area contributed by atoms with Gasteiger partial charge in [-0.1, -0.05) is 25.1 Å². The van der Waals surface area contributed by atoms with Crippen molar-refractivity contribution in [1.29, 1.82) is 0 Å². The Labute approximate surface area is 204 Å². The number of aryl methyl sites for hydroxylation is 1. The number of nitrogens with zero attached hydrogens (tertiary/aromatic N) is 2. The summed E-state index contributed by atoms with van der Waals surface area (Å²) in [5.41, 5.74) is 4.10. The number of carbonyl (C=O) groups excluding carboxylic acids is 2. The number of hydrogen-bond donors (Lipinski definition) is 1. The van der Waals surface area contributed by atoms with Crippen LogP contribution in [0.2, 0.25) is 0 Å². The van der Waals surface area contributed by atoms with Gasteiger partial charge in [0.1, 0.15) is 11.4 Å². The second kappa shape index (κ2) is 8.80. The van der Waals surface area contributed by atoms with E-state index in [1.807, 2.05) is 32.9 Å². The van der Waals surface area contributed by atoms with Crippen molar-refractivity contribution in [2.45, 2.75) is 46.6 Å². The molecular formula is C27H28FN3O2S. The minimum absolute atomic E-state index is 0.00177. The van der Waals surface area contributed by atoms with Gasteiger partial charge in [0.25, 0.3) is 11.8 Å². The minimum atomic E-state index is -0.642. The van der Waals surface area contributed by atoms with Crippen LogP contribution in [0, 0.1) is 5.82 Å². The molecule has 0 saturated carbocycles. The number of anilines is 2. The predicted octanol–water partition coefficient (Wildman–Crippen LogP) is 5.24. The molecule has 0 aromatic heterocycles. The van der Waals surface area contributed by atoms with Crippen molar-refractivity contribution in [1.82, 2.24) is 5.32 Å². The molecule has 0 radical (unpaired) electrons. The molecule has 5 nitrogen and oxygen atoms in total. The van der Waals surface area contributed by atoms with Crippen molar-refractivity contribution in [2.24, 2.45) is 0 Å². The van der Waals surface area contributed by atoms with Crippen molar-refractivity contribution >= 4 is 52.2 Å². The molecule has 1 saturated heterocycles. The second-order valence-corrected chi connectivity index (χ2v) is 9.48. The van der Waals surface area contributed by atoms with Crippen LogP contribution < -0.4 is 15.1 Å². The molecule has 2 aromatic carbocycles. The van der Waals surface area contributed by atoms with E-state index in [9.17, 15) is 9.59 Å². The number of thiocarbonyl (C=S) groups is 1. The average molecular weight is 478 g/mol. The lowest BCUT2D eigenvalue weighted by atomic mass is 9.87. The fourth-order valence-corrected chi connectivity index (χ4v) is 5.01. The number of nitrogens with one attached hydrogen (secondary N) is 1. The van der Waals surface area contributed by atoms with Gasteiger partial charge in [-0.15, -0.1) is 0 Å². The lowest BCUT2D eigenvalue weighted by Gasteiger charge is -2.43. The van der Waals surface area contributed by atoms with Crippen LogP contribution in [-0.4, -0.2) is 29.0 Å². The molecule has 34 heavy (non-hydrogen) atoms. The smallest absolute Gasteiger partial charge is 0.270 e. The molecule has 176 valence electrons. The van der Waals surface area contributed by atoms with Crippen LogP contribution in [0.3, 0.4) is 0 Å². The molecule has 0 spiro atoms. The van der Waals surface area contributed by atoms with Crippen LogP contribution in [0.5, 0.6) is 0 Å². The van der Waals surface area contributed by atoms with Crippen molar-refractivity contribution in [3.05, 3.63) is 70.6 Å². The number of fused-ring (bicyclic) bond motifs is 1. The third-order valence-corrected chi connectivity index (χ3v) is 6.70. The third-order valence-electron chi connectivity index (χ3n) is 6.42. The van der Waals surface area contributed by atoms with E-state index in [1.165, 1.54) is 17.0 Å². The zero-order valence-electron chi connectivity index (χ0n) is 20.0. The molecular weight excluding hydrogens is 449 g/mol. The largest absolute Gasteiger partial charge is 0.363 e. The average Bonchev–Trinajstić information content (AvgIpc) is 2.77. The van der Waals surface area contributed by atoms with Crippen LogP contribution in [0.1, 0.15) is 51.3 Å². The Hall–Kier alpha value is -3.32. The van der Waals surface area contributed by atoms with E-state index in [2.05, 4.69) is 30.1 Å². The molecule has 7 heteroatoms. The van der Waals surface area contributed by atoms with Gasteiger partial charge in [0.2, 0.25) is 0 Å². The highest BCUT2D eigenvalue weighted by Gasteiger charge is 2.35. The first-order valence-corrected chi connectivity index (χ1v) is 11.8. The number of likely N-dealkylation sites (N-methyl/N-ethyl adjacent to an activating group) is 1. The number of rotatable bonds is 4. The molecule has 2 amide bonds. The fraction of sp³-hybridized carbons (Fsp3) is 0.296. The first-order valence-electron chi connectivity index (χ1n) is 11.4. The highest BCUT2D eigenvalue weighted by Crippen LogP contribution is 2.40. The molecule has 0 bridgehead atoms. The van der Waals surface area contributed by atoms with Crippen LogP contribution in [0.4, 0.5) is 15.8 Å². The van der Waals surface area contributed by atoms with Gasteiger partial charge >= 0.3 is 0 Å². The van der Waals surface area contributed by atoms with E-state index in [0.29, 0.717) is 12.2 Å². The van der Waals surface area contributed by atoms with Crippen molar-refractivity contribution in [3.8, 4) is 0 Å². The number of carbonyl (C=O) groups is 2. The Bertz CT molecular complexity index is 1260. The maximum Gasteiger partial charge on any atom is 0.270 e. The van der Waals surface area contributed by atoms with Crippen molar-refractivity contribution in [3.63, 3.8) is 0 Å². The van der Waals surface area contributed by atoms with E-state index in [0.717, 1.165) is 28.8 Å². The molecule has 0 unspecified atom stereocenters. The van der Waals surface area contributed by atoms with Gasteiger partial charge in [-0.25, -0.2) is 4.39 Å². The maximum atomic E-state index is 15.3. The number of hydrogen-bond acceptors (Lipinski definition) is 4. The van der Waals surface area contributed by atoms with E-state index in [1.54, 1.807) is 18.2 Å². The van der Waals surface area contributed by atoms with E-state index < -0.39 is 17.6 Å². The van der Waals surface area contributed by atoms with Crippen LogP contribution in [0.25, 0.3) is 11.6 Å². The van der Waals surface area contributed by atoms with Crippen LogP contribution >= 0.6 is 12.2 Å². The van der Waals surface area contributed by atoms with Gasteiger partial charge in [-0.3, -0.25) is 19.8 Å². The zero-order chi connectivity index (χ0) is 24.8. The maximum absolute atomic E-state index is 15.3. The normalized spacial score (nSPS) is 18.7. The molecule has 2 aliphatic rings. The Morgan fingerprint density at radius 2 is 1.79 bits per heavy atom. The van der Waals surface area contributed by atoms with E-state index in [4.69, 9.17) is 12.2 Å². The number of amides is 2. The molecule has 0 aliphatic carbocycles. The SMILES string of the molecule is CCc1ccc(N2C(=O)/C(=C\c3cc4c(cc3F)N(CC)C(C)(C)C=C4C)C(=O)NC2=S)cc1. The summed E-state index contributed by atoms with van der Waals surface area (Å²) in [6.07, 6.45) is 4.32. The summed E-state index contributed by atoms with van der Waals surface area (Å²) < 4.78 is 15.3. The summed E-state index contributed by atoms with van der Waals surface area (Å²) in [7, 11) is 0. The second-order valence-electron chi connectivity index (χ2n) is 9.09. The molecule has 2 aliphatic heterocycles. The van der Waals surface area contributed by atoms with Gasteiger partial charge in [-0.05, 0) is 87.8 Å². The van der Waals surface area contributed by atoms with Gasteiger partial charge in [0.05, 0.1) is 11.2 Å². The predicted molar refractivity (Wildman–Crippen MR) is 139 cm³/mol. The summed E-state index contributed by atoms with van der Waals surface area (Å²) in [6.45, 7) is 11.0. The molecule has 2 aromatic rings. The summed E-state index contributed by atoms with van der Waals surface area (Å²) in [5, 5.41) is 2.56. The molecule has 0 atom stereocenters. The van der Waals surface area contributed by atoms with Crippen molar-refractivity contribution in [2.75, 3.05) is 16.3 Å². The van der Waals surface area contributed by atoms with E-state index in [-0.39, 0.29) is 21.8 Å². The van der Waals surface area contributed by atoms with Crippen LogP contribution in [0.15, 0.2) is 48.0 Å². The lowest BCUT2D eigenvalue weighted by molar-refractivity contribution is -0.122. The van der Waals surface area contributed by atoms with Gasteiger partial charge in [-0.2, -0.15) is 0 Å². The third kappa shape index (κ3) is 4.05. The summed E-state index contributed by atoms with van der Waals surface area (Å²) in [6, 6.07) is 10.6. The van der Waals surface area contributed by atoms with Gasteiger partial charge < -0.3 is 4.90 Å². The van der Waals surface area contributed by atoms with Crippen molar-refractivity contribution < 1.29 is 14.0 Å². The standard InChI is InChI=1S/C27H28FN3O2S/c1-6-17-8-10-19(11-9-17)31-25(33)21(24(32)29-26(31)34)13-18-12-20-16(3)15-27(4,5)30(7-2)23(20)14-22(18)28/h8-15H,6-7H2,1-5H3,(H,29,32,34)/b21-13-. The molecule has 2 heterocycles. The van der Waals surface area contributed by atoms with Gasteiger partial charge in [0.15, 0.2) is 5.11 Å². The minimum Gasteiger partial charge on any atom is -0.363 e. The Kier molecular flexibility index (Phi) is 6.16. The Balaban J connectivity index is 1.77. The lowest BCUT2D eigenvalue weighted by Crippen LogP contribution is -2.54. The first-order chi connectivity index (χ1) is 16.1. The monoisotopic (exact) mass is 477 g/mol. The Morgan fingerprint density at radius 3 is 2.41 bits per heavy atom. The summed E-state index contributed by atoms with van der Waals surface area (Å²) >= 11 is 5.27. The quantitative estimate of drug-likeness (QED) is 0.372.